The summed E-state index contributed by atoms with van der Waals surface area (Å²) in [5, 5.41) is 3.29. The zero-order valence-electron chi connectivity index (χ0n) is 10.4. The van der Waals surface area contributed by atoms with E-state index in [1.807, 2.05) is 0 Å². The molecule has 3 rings (SSSR count). The molecule has 0 bridgehead atoms. The summed E-state index contributed by atoms with van der Waals surface area (Å²) in [6.07, 6.45) is 4.68. The summed E-state index contributed by atoms with van der Waals surface area (Å²) >= 11 is 0. The van der Waals surface area contributed by atoms with Gasteiger partial charge in [-0.25, -0.2) is 0 Å². The summed E-state index contributed by atoms with van der Waals surface area (Å²) in [5.41, 5.74) is 0. The van der Waals surface area contributed by atoms with Crippen LogP contribution in [0, 0.1) is 11.8 Å². The smallest absolute Gasteiger partial charge is 0.227 e. The van der Waals surface area contributed by atoms with E-state index >= 15 is 0 Å². The third-order valence-electron chi connectivity index (χ3n) is 4.52. The number of hydrogen-bond donors (Lipinski definition) is 1. The normalized spacial score (nSPS) is 37.9. The molecule has 3 unspecified atom stereocenters. The molecule has 0 aromatic heterocycles. The van der Waals surface area contributed by atoms with Gasteiger partial charge >= 0.3 is 0 Å². The van der Waals surface area contributed by atoms with Crippen LogP contribution in [-0.4, -0.2) is 49.7 Å². The molecule has 1 N–H and O–H groups in total. The van der Waals surface area contributed by atoms with Gasteiger partial charge in [0.05, 0.1) is 19.1 Å². The fourth-order valence-corrected chi connectivity index (χ4v) is 3.56. The van der Waals surface area contributed by atoms with Gasteiger partial charge in [0.25, 0.3) is 0 Å². The average molecular weight is 238 g/mol. The summed E-state index contributed by atoms with van der Waals surface area (Å²) in [7, 11) is 0. The van der Waals surface area contributed by atoms with E-state index in [9.17, 15) is 4.79 Å². The number of carbonyl (C=O) groups is 1. The molecular weight excluding hydrogens is 216 g/mol. The van der Waals surface area contributed by atoms with Crippen molar-refractivity contribution in [3.63, 3.8) is 0 Å². The molecule has 0 spiro atoms. The van der Waals surface area contributed by atoms with Crippen LogP contribution in [0.15, 0.2) is 0 Å². The second kappa shape index (κ2) is 4.94. The first kappa shape index (κ1) is 11.5. The lowest BCUT2D eigenvalue weighted by Gasteiger charge is -2.31. The van der Waals surface area contributed by atoms with Crippen molar-refractivity contribution in [3.05, 3.63) is 0 Å². The van der Waals surface area contributed by atoms with E-state index in [1.54, 1.807) is 0 Å². The highest BCUT2D eigenvalue weighted by Crippen LogP contribution is 2.33. The first-order valence-corrected chi connectivity index (χ1v) is 6.95. The van der Waals surface area contributed by atoms with Crippen LogP contribution >= 0.6 is 0 Å². The fourth-order valence-electron chi connectivity index (χ4n) is 3.56. The molecule has 3 fully saturated rings. The molecule has 2 saturated heterocycles. The topological polar surface area (TPSA) is 41.6 Å². The van der Waals surface area contributed by atoms with Gasteiger partial charge in [0.1, 0.15) is 0 Å². The van der Waals surface area contributed by atoms with Gasteiger partial charge in [0, 0.05) is 25.0 Å². The van der Waals surface area contributed by atoms with E-state index in [-0.39, 0.29) is 5.92 Å². The maximum absolute atomic E-state index is 12.5. The van der Waals surface area contributed by atoms with Gasteiger partial charge in [-0.05, 0) is 25.8 Å². The first-order chi connectivity index (χ1) is 8.36. The van der Waals surface area contributed by atoms with Crippen molar-refractivity contribution >= 4 is 5.91 Å². The molecule has 0 aromatic rings. The lowest BCUT2D eigenvalue weighted by Crippen LogP contribution is -2.46. The molecule has 4 heteroatoms. The van der Waals surface area contributed by atoms with Crippen molar-refractivity contribution in [3.8, 4) is 0 Å². The SMILES string of the molecule is O=C(C1CCNC1)N1CCOCC2CCCC21. The summed E-state index contributed by atoms with van der Waals surface area (Å²) in [5.74, 6) is 1.18. The van der Waals surface area contributed by atoms with E-state index in [0.29, 0.717) is 17.9 Å². The third-order valence-corrected chi connectivity index (χ3v) is 4.52. The highest BCUT2D eigenvalue weighted by atomic mass is 16.5. The van der Waals surface area contributed by atoms with Crippen LogP contribution in [0.25, 0.3) is 0 Å². The molecule has 2 aliphatic heterocycles. The standard InChI is InChI=1S/C13H22N2O2/c16-13(10-4-5-14-8-10)15-6-7-17-9-11-2-1-3-12(11)15/h10-12,14H,1-9H2. The molecule has 3 atom stereocenters. The van der Waals surface area contributed by atoms with Crippen molar-refractivity contribution in [2.45, 2.75) is 31.7 Å². The van der Waals surface area contributed by atoms with Crippen LogP contribution in [0.1, 0.15) is 25.7 Å². The van der Waals surface area contributed by atoms with Crippen LogP contribution in [0.3, 0.4) is 0 Å². The molecule has 1 aliphatic carbocycles. The van der Waals surface area contributed by atoms with Crippen LogP contribution < -0.4 is 5.32 Å². The molecule has 3 aliphatic rings. The number of amides is 1. The Morgan fingerprint density at radius 3 is 3.06 bits per heavy atom. The monoisotopic (exact) mass is 238 g/mol. The molecule has 1 amide bonds. The van der Waals surface area contributed by atoms with E-state index < -0.39 is 0 Å². The van der Waals surface area contributed by atoms with Crippen molar-refractivity contribution in [1.82, 2.24) is 10.2 Å². The Morgan fingerprint density at radius 2 is 2.24 bits per heavy atom. The summed E-state index contributed by atoms with van der Waals surface area (Å²) in [4.78, 5) is 14.7. The molecule has 4 nitrogen and oxygen atoms in total. The van der Waals surface area contributed by atoms with Crippen LogP contribution in [0.2, 0.25) is 0 Å². The van der Waals surface area contributed by atoms with E-state index in [0.717, 1.165) is 39.3 Å². The van der Waals surface area contributed by atoms with E-state index in [1.165, 1.54) is 19.3 Å². The fraction of sp³-hybridized carbons (Fsp3) is 0.923. The Bertz CT molecular complexity index is 289. The molecule has 2 heterocycles. The lowest BCUT2D eigenvalue weighted by atomic mass is 10.0. The van der Waals surface area contributed by atoms with Crippen LogP contribution in [-0.2, 0) is 9.53 Å². The van der Waals surface area contributed by atoms with Gasteiger partial charge in [-0.15, -0.1) is 0 Å². The number of nitrogens with one attached hydrogen (secondary N) is 1. The summed E-state index contributed by atoms with van der Waals surface area (Å²) < 4.78 is 5.64. The lowest BCUT2D eigenvalue weighted by molar-refractivity contribution is -0.137. The zero-order chi connectivity index (χ0) is 11.7. The maximum Gasteiger partial charge on any atom is 0.227 e. The predicted octanol–water partition coefficient (Wildman–Crippen LogP) is 0.623. The molecule has 17 heavy (non-hydrogen) atoms. The van der Waals surface area contributed by atoms with Gasteiger partial charge in [-0.3, -0.25) is 4.79 Å². The van der Waals surface area contributed by atoms with Crippen molar-refractivity contribution in [2.75, 3.05) is 32.8 Å². The number of hydrogen-bond acceptors (Lipinski definition) is 3. The minimum absolute atomic E-state index is 0.217. The quantitative estimate of drug-likeness (QED) is 0.728. The van der Waals surface area contributed by atoms with Crippen molar-refractivity contribution in [1.29, 1.82) is 0 Å². The highest BCUT2D eigenvalue weighted by molar-refractivity contribution is 5.79. The number of fused-ring (bicyclic) bond motifs is 1. The summed E-state index contributed by atoms with van der Waals surface area (Å²) in [6, 6.07) is 0.464. The highest BCUT2D eigenvalue weighted by Gasteiger charge is 2.38. The Balaban J connectivity index is 1.72. The second-order valence-corrected chi connectivity index (χ2v) is 5.55. The van der Waals surface area contributed by atoms with E-state index in [4.69, 9.17) is 4.74 Å². The number of rotatable bonds is 1. The van der Waals surface area contributed by atoms with Crippen LogP contribution in [0.5, 0.6) is 0 Å². The van der Waals surface area contributed by atoms with Crippen molar-refractivity contribution in [2.24, 2.45) is 11.8 Å². The molecular formula is C13H22N2O2. The third kappa shape index (κ3) is 2.20. The number of carbonyl (C=O) groups excluding carboxylic acids is 1. The Hall–Kier alpha value is -0.610. The van der Waals surface area contributed by atoms with Gasteiger partial charge in [0.15, 0.2) is 0 Å². The molecule has 96 valence electrons. The molecule has 1 saturated carbocycles. The Labute approximate surface area is 103 Å². The van der Waals surface area contributed by atoms with Crippen molar-refractivity contribution < 1.29 is 9.53 Å². The zero-order valence-corrected chi connectivity index (χ0v) is 10.4. The predicted molar refractivity (Wildman–Crippen MR) is 64.6 cm³/mol. The minimum atomic E-state index is 0.217. The Kier molecular flexibility index (Phi) is 3.34. The Morgan fingerprint density at radius 1 is 1.29 bits per heavy atom. The first-order valence-electron chi connectivity index (χ1n) is 6.95. The number of nitrogens with zero attached hydrogens (tertiary/aromatic N) is 1. The number of ether oxygens (including phenoxy) is 1. The minimum Gasteiger partial charge on any atom is -0.379 e. The molecule has 0 aromatic carbocycles. The van der Waals surface area contributed by atoms with Gasteiger partial charge in [-0.1, -0.05) is 6.42 Å². The molecule has 0 radical (unpaired) electrons. The average Bonchev–Trinajstić information content (AvgIpc) is 2.97. The second-order valence-electron chi connectivity index (χ2n) is 5.55. The maximum atomic E-state index is 12.5. The van der Waals surface area contributed by atoms with Crippen LogP contribution in [0.4, 0.5) is 0 Å². The van der Waals surface area contributed by atoms with Gasteiger partial charge < -0.3 is 15.0 Å². The van der Waals surface area contributed by atoms with E-state index in [2.05, 4.69) is 10.2 Å². The van der Waals surface area contributed by atoms with Gasteiger partial charge in [-0.2, -0.15) is 0 Å². The summed E-state index contributed by atoms with van der Waals surface area (Å²) in [6.45, 7) is 4.25. The van der Waals surface area contributed by atoms with Gasteiger partial charge in [0.2, 0.25) is 5.91 Å². The largest absolute Gasteiger partial charge is 0.379 e.